The summed E-state index contributed by atoms with van der Waals surface area (Å²) in [6.07, 6.45) is -4.71. The molecule has 2 aromatic rings. The molecule has 0 aliphatic carbocycles. The van der Waals surface area contributed by atoms with Crippen LogP contribution >= 0.6 is 0 Å². The first-order chi connectivity index (χ1) is 12.5. The normalized spacial score (nSPS) is 11.9. The molecule has 0 spiro atoms. The van der Waals surface area contributed by atoms with Gasteiger partial charge in [0.05, 0.1) is 29.8 Å². The van der Waals surface area contributed by atoms with E-state index in [2.05, 4.69) is 5.32 Å². The van der Waals surface area contributed by atoms with E-state index >= 15 is 0 Å². The highest BCUT2D eigenvalue weighted by atomic mass is 32.2. The van der Waals surface area contributed by atoms with Crippen molar-refractivity contribution in [1.82, 2.24) is 4.72 Å². The Bertz CT molecular complexity index is 946. The maximum absolute atomic E-state index is 13.1. The third kappa shape index (κ3) is 5.41. The first-order valence-electron chi connectivity index (χ1n) is 7.33. The van der Waals surface area contributed by atoms with Gasteiger partial charge in [-0.25, -0.2) is 17.5 Å². The van der Waals surface area contributed by atoms with Crippen molar-refractivity contribution in [3.8, 4) is 5.75 Å². The van der Waals surface area contributed by atoms with Crippen LogP contribution in [0.15, 0.2) is 47.4 Å². The first kappa shape index (κ1) is 20.6. The van der Waals surface area contributed by atoms with Gasteiger partial charge < -0.3 is 10.1 Å². The number of hydrogen-bond donors (Lipinski definition) is 2. The molecular formula is C16H14F4N2O4S. The van der Waals surface area contributed by atoms with Crippen LogP contribution in [0, 0.1) is 5.82 Å². The minimum absolute atomic E-state index is 0.0177. The lowest BCUT2D eigenvalue weighted by atomic mass is 10.2. The van der Waals surface area contributed by atoms with E-state index in [9.17, 15) is 30.8 Å². The second kappa shape index (κ2) is 7.92. The minimum Gasteiger partial charge on any atom is -0.494 e. The van der Waals surface area contributed by atoms with Crippen molar-refractivity contribution >= 4 is 21.6 Å². The van der Waals surface area contributed by atoms with Crippen LogP contribution in [0.25, 0.3) is 0 Å². The van der Waals surface area contributed by atoms with Crippen molar-refractivity contribution in [2.24, 2.45) is 0 Å². The summed E-state index contributed by atoms with van der Waals surface area (Å²) < 4.78 is 82.2. The van der Waals surface area contributed by atoms with E-state index in [0.29, 0.717) is 6.07 Å². The van der Waals surface area contributed by atoms with Crippen LogP contribution in [0.5, 0.6) is 5.75 Å². The number of anilines is 1. The number of halogens is 4. The fourth-order valence-electron chi connectivity index (χ4n) is 2.05. The number of carbonyl (C=O) groups excluding carboxylic acids is 1. The average Bonchev–Trinajstić information content (AvgIpc) is 2.61. The first-order valence-corrected chi connectivity index (χ1v) is 8.81. The van der Waals surface area contributed by atoms with Crippen molar-refractivity contribution in [1.29, 1.82) is 0 Å². The lowest BCUT2D eigenvalue weighted by Crippen LogP contribution is -2.33. The van der Waals surface area contributed by atoms with Crippen LogP contribution in [-0.2, 0) is 21.0 Å². The molecule has 2 aromatic carbocycles. The Balaban J connectivity index is 2.08. The quantitative estimate of drug-likeness (QED) is 0.723. The van der Waals surface area contributed by atoms with Gasteiger partial charge in [0.2, 0.25) is 15.9 Å². The van der Waals surface area contributed by atoms with Crippen molar-refractivity contribution in [3.63, 3.8) is 0 Å². The third-order valence-corrected chi connectivity index (χ3v) is 4.73. The van der Waals surface area contributed by atoms with Crippen LogP contribution in [-0.4, -0.2) is 28.0 Å². The summed E-state index contributed by atoms with van der Waals surface area (Å²) in [4.78, 5) is 11.3. The van der Waals surface area contributed by atoms with Crippen molar-refractivity contribution in [2.45, 2.75) is 11.1 Å². The Kier molecular flexibility index (Phi) is 6.06. The topological polar surface area (TPSA) is 84.5 Å². The molecular weight excluding hydrogens is 392 g/mol. The van der Waals surface area contributed by atoms with Crippen LogP contribution < -0.4 is 14.8 Å². The van der Waals surface area contributed by atoms with E-state index in [1.165, 1.54) is 13.2 Å². The molecule has 0 heterocycles. The zero-order chi connectivity index (χ0) is 20.2. The van der Waals surface area contributed by atoms with E-state index in [1.54, 1.807) is 0 Å². The molecule has 2 rings (SSSR count). The van der Waals surface area contributed by atoms with Crippen LogP contribution in [0.1, 0.15) is 5.56 Å². The Hall–Kier alpha value is -2.66. The van der Waals surface area contributed by atoms with E-state index in [1.807, 2.05) is 4.72 Å². The average molecular weight is 406 g/mol. The van der Waals surface area contributed by atoms with Gasteiger partial charge in [-0.15, -0.1) is 0 Å². The Morgan fingerprint density at radius 2 is 1.85 bits per heavy atom. The standard InChI is InChI=1S/C16H14F4N2O4S/c1-26-14-8-11(17)5-6-13(14)22-15(23)9-21-27(24,25)12-4-2-3-10(7-12)16(18,19)20/h2-8,21H,9H2,1H3,(H,22,23). The number of benzene rings is 2. The summed E-state index contributed by atoms with van der Waals surface area (Å²) in [5, 5.41) is 2.31. The van der Waals surface area contributed by atoms with E-state index in [0.717, 1.165) is 30.3 Å². The Labute approximate surface area is 152 Å². The molecule has 0 aliphatic rings. The van der Waals surface area contributed by atoms with Gasteiger partial charge in [-0.2, -0.15) is 13.2 Å². The van der Waals surface area contributed by atoms with Gasteiger partial charge in [0.25, 0.3) is 0 Å². The maximum Gasteiger partial charge on any atom is 0.416 e. The number of carbonyl (C=O) groups is 1. The van der Waals surface area contributed by atoms with Crippen molar-refractivity contribution in [3.05, 3.63) is 53.8 Å². The minimum atomic E-state index is -4.71. The predicted molar refractivity (Wildman–Crippen MR) is 88.2 cm³/mol. The molecule has 0 saturated carbocycles. The number of hydrogen-bond acceptors (Lipinski definition) is 4. The number of methoxy groups -OCH3 is 1. The predicted octanol–water partition coefficient (Wildman–Crippen LogP) is 2.77. The molecule has 0 fully saturated rings. The summed E-state index contributed by atoms with van der Waals surface area (Å²) in [6.45, 7) is -0.751. The van der Waals surface area contributed by atoms with Crippen LogP contribution in [0.4, 0.5) is 23.2 Å². The Morgan fingerprint density at radius 1 is 1.15 bits per heavy atom. The zero-order valence-electron chi connectivity index (χ0n) is 13.8. The van der Waals surface area contributed by atoms with Gasteiger partial charge in [0.15, 0.2) is 0 Å². The number of sulfonamides is 1. The molecule has 1 amide bonds. The fourth-order valence-corrected chi connectivity index (χ4v) is 3.07. The van der Waals surface area contributed by atoms with E-state index < -0.39 is 44.9 Å². The number of amides is 1. The van der Waals surface area contributed by atoms with E-state index in [4.69, 9.17) is 4.74 Å². The molecule has 0 atom stereocenters. The number of alkyl halides is 3. The summed E-state index contributed by atoms with van der Waals surface area (Å²) in [7, 11) is -3.10. The number of nitrogens with one attached hydrogen (secondary N) is 2. The molecule has 2 N–H and O–H groups in total. The second-order valence-corrected chi connectivity index (χ2v) is 7.01. The lowest BCUT2D eigenvalue weighted by molar-refractivity contribution is -0.137. The fraction of sp³-hybridized carbons (Fsp3) is 0.188. The maximum atomic E-state index is 13.1. The molecule has 6 nitrogen and oxygen atoms in total. The molecule has 11 heteroatoms. The van der Waals surface area contributed by atoms with Crippen molar-refractivity contribution in [2.75, 3.05) is 19.0 Å². The molecule has 0 saturated heterocycles. The highest BCUT2D eigenvalue weighted by molar-refractivity contribution is 7.89. The molecule has 0 radical (unpaired) electrons. The molecule has 0 unspecified atom stereocenters. The molecule has 0 aliphatic heterocycles. The second-order valence-electron chi connectivity index (χ2n) is 5.24. The van der Waals surface area contributed by atoms with Crippen molar-refractivity contribution < 1.29 is 35.5 Å². The zero-order valence-corrected chi connectivity index (χ0v) is 14.6. The summed E-state index contributed by atoms with van der Waals surface area (Å²) in [6, 6.07) is 6.40. The van der Waals surface area contributed by atoms with Gasteiger partial charge >= 0.3 is 6.18 Å². The lowest BCUT2D eigenvalue weighted by Gasteiger charge is -2.12. The summed E-state index contributed by atoms with van der Waals surface area (Å²) >= 11 is 0. The molecule has 146 valence electrons. The number of rotatable bonds is 6. The molecule has 27 heavy (non-hydrogen) atoms. The monoisotopic (exact) mass is 406 g/mol. The van der Waals surface area contributed by atoms with Gasteiger partial charge in [-0.1, -0.05) is 6.07 Å². The molecule has 0 aromatic heterocycles. The van der Waals surface area contributed by atoms with Crippen LogP contribution in [0.2, 0.25) is 0 Å². The smallest absolute Gasteiger partial charge is 0.416 e. The van der Waals surface area contributed by atoms with Crippen LogP contribution in [0.3, 0.4) is 0 Å². The van der Waals surface area contributed by atoms with Gasteiger partial charge in [-0.3, -0.25) is 4.79 Å². The molecule has 0 bridgehead atoms. The summed E-state index contributed by atoms with van der Waals surface area (Å²) in [5.41, 5.74) is -1.03. The van der Waals surface area contributed by atoms with E-state index in [-0.39, 0.29) is 11.4 Å². The highest BCUT2D eigenvalue weighted by Crippen LogP contribution is 2.30. The Morgan fingerprint density at radius 3 is 2.48 bits per heavy atom. The SMILES string of the molecule is COc1cc(F)ccc1NC(=O)CNS(=O)(=O)c1cccc(C(F)(F)F)c1. The number of ether oxygens (including phenoxy) is 1. The largest absolute Gasteiger partial charge is 0.494 e. The highest BCUT2D eigenvalue weighted by Gasteiger charge is 2.31. The van der Waals surface area contributed by atoms with Gasteiger partial charge in [-0.05, 0) is 30.3 Å². The summed E-state index contributed by atoms with van der Waals surface area (Å²) in [5.74, 6) is -1.41. The van der Waals surface area contributed by atoms with Gasteiger partial charge in [0.1, 0.15) is 11.6 Å². The third-order valence-electron chi connectivity index (χ3n) is 3.33. The van der Waals surface area contributed by atoms with Gasteiger partial charge in [0, 0.05) is 6.07 Å².